The van der Waals surface area contributed by atoms with Crippen LogP contribution in [0.3, 0.4) is 0 Å². The molecule has 1 atom stereocenters. The first kappa shape index (κ1) is 10.2. The summed E-state index contributed by atoms with van der Waals surface area (Å²) in [7, 11) is 0. The summed E-state index contributed by atoms with van der Waals surface area (Å²) in [5, 5.41) is 4.51. The first-order chi connectivity index (χ1) is 6.77. The Hall–Kier alpha value is -0.310. The van der Waals surface area contributed by atoms with Gasteiger partial charge in [0.25, 0.3) is 0 Å². The number of likely N-dealkylation sites (tertiary alicyclic amines) is 1. The van der Waals surface area contributed by atoms with Crippen LogP contribution in [-0.4, -0.2) is 28.6 Å². The van der Waals surface area contributed by atoms with Gasteiger partial charge in [-0.1, -0.05) is 12.8 Å². The third kappa shape index (κ3) is 2.19. The number of hydrogen-bond donors (Lipinski definition) is 1. The van der Waals surface area contributed by atoms with Gasteiger partial charge in [-0.3, -0.25) is 0 Å². The minimum absolute atomic E-state index is 0.649. The van der Waals surface area contributed by atoms with Crippen LogP contribution in [0.15, 0.2) is 0 Å². The monoisotopic (exact) mass is 212 g/mol. The molecule has 1 heterocycles. The van der Waals surface area contributed by atoms with E-state index in [1.165, 1.54) is 38.5 Å². The van der Waals surface area contributed by atoms with Gasteiger partial charge in [0.2, 0.25) is 0 Å². The lowest BCUT2D eigenvalue weighted by Gasteiger charge is -2.27. The van der Waals surface area contributed by atoms with Gasteiger partial charge in [-0.2, -0.15) is 0 Å². The number of rotatable bonds is 1. The quantitative estimate of drug-likeness (QED) is 0.671. The Kier molecular flexibility index (Phi) is 3.26. The lowest BCUT2D eigenvalue weighted by molar-refractivity contribution is 0.399. The third-order valence-corrected chi connectivity index (χ3v) is 3.85. The second-order valence-corrected chi connectivity index (χ2v) is 5.00. The van der Waals surface area contributed by atoms with Crippen LogP contribution in [0.25, 0.3) is 0 Å². The first-order valence-electron chi connectivity index (χ1n) is 5.84. The van der Waals surface area contributed by atoms with E-state index in [1.54, 1.807) is 0 Å². The number of nitrogens with one attached hydrogen (secondary N) is 1. The van der Waals surface area contributed by atoms with Gasteiger partial charge >= 0.3 is 0 Å². The molecular formula is C11H20N2S. The van der Waals surface area contributed by atoms with E-state index in [4.69, 9.17) is 12.2 Å². The molecule has 1 aliphatic carbocycles. The summed E-state index contributed by atoms with van der Waals surface area (Å²) in [6.07, 6.45) is 7.95. The molecule has 1 saturated heterocycles. The van der Waals surface area contributed by atoms with Crippen molar-refractivity contribution in [1.29, 1.82) is 0 Å². The predicted molar refractivity (Wildman–Crippen MR) is 63.4 cm³/mol. The van der Waals surface area contributed by atoms with Crippen LogP contribution in [0.1, 0.15) is 45.4 Å². The molecule has 2 aliphatic rings. The fourth-order valence-electron chi connectivity index (χ4n) is 2.56. The normalized spacial score (nSPS) is 28.4. The topological polar surface area (TPSA) is 15.3 Å². The molecule has 0 bridgehead atoms. The van der Waals surface area contributed by atoms with Crippen molar-refractivity contribution in [3.8, 4) is 0 Å². The highest BCUT2D eigenvalue weighted by Gasteiger charge is 2.24. The standard InChI is InChI=1S/C11H20N2S/c1-9-5-4-8-13(9)11(14)12-10-6-2-3-7-10/h9-10H,2-8H2,1H3,(H,12,14). The Morgan fingerprint density at radius 1 is 1.21 bits per heavy atom. The van der Waals surface area contributed by atoms with Crippen molar-refractivity contribution in [3.05, 3.63) is 0 Å². The highest BCUT2D eigenvalue weighted by molar-refractivity contribution is 7.80. The van der Waals surface area contributed by atoms with Crippen LogP contribution < -0.4 is 5.32 Å². The Morgan fingerprint density at radius 3 is 2.50 bits per heavy atom. The van der Waals surface area contributed by atoms with E-state index < -0.39 is 0 Å². The molecule has 0 aromatic heterocycles. The summed E-state index contributed by atoms with van der Waals surface area (Å²) in [6, 6.07) is 1.31. The number of thiocarbonyl (C=S) groups is 1. The SMILES string of the molecule is CC1CCCN1C(=S)NC1CCCC1. The molecule has 2 fully saturated rings. The van der Waals surface area contributed by atoms with Gasteiger partial charge in [0, 0.05) is 18.6 Å². The van der Waals surface area contributed by atoms with Crippen LogP contribution >= 0.6 is 12.2 Å². The number of hydrogen-bond acceptors (Lipinski definition) is 1. The molecular weight excluding hydrogens is 192 g/mol. The maximum absolute atomic E-state index is 5.44. The van der Waals surface area contributed by atoms with Crippen molar-refractivity contribution in [2.24, 2.45) is 0 Å². The summed E-state index contributed by atoms with van der Waals surface area (Å²) in [5.41, 5.74) is 0. The fraction of sp³-hybridized carbons (Fsp3) is 0.909. The van der Waals surface area contributed by atoms with E-state index in [9.17, 15) is 0 Å². The Balaban J connectivity index is 1.82. The lowest BCUT2D eigenvalue weighted by atomic mass is 10.2. The van der Waals surface area contributed by atoms with Gasteiger partial charge in [-0.05, 0) is 44.8 Å². The van der Waals surface area contributed by atoms with Crippen molar-refractivity contribution < 1.29 is 0 Å². The van der Waals surface area contributed by atoms with Gasteiger partial charge in [0.15, 0.2) is 5.11 Å². The highest BCUT2D eigenvalue weighted by atomic mass is 32.1. The zero-order valence-corrected chi connectivity index (χ0v) is 9.78. The van der Waals surface area contributed by atoms with Gasteiger partial charge in [0.05, 0.1) is 0 Å². The molecule has 1 saturated carbocycles. The molecule has 2 nitrogen and oxygen atoms in total. The van der Waals surface area contributed by atoms with E-state index >= 15 is 0 Å². The minimum atomic E-state index is 0.649. The Bertz CT molecular complexity index is 211. The molecule has 1 unspecified atom stereocenters. The van der Waals surface area contributed by atoms with E-state index in [1.807, 2.05) is 0 Å². The zero-order chi connectivity index (χ0) is 9.97. The van der Waals surface area contributed by atoms with Crippen molar-refractivity contribution in [2.75, 3.05) is 6.54 Å². The van der Waals surface area contributed by atoms with E-state index in [2.05, 4.69) is 17.1 Å². The van der Waals surface area contributed by atoms with Crippen LogP contribution in [0.5, 0.6) is 0 Å². The Morgan fingerprint density at radius 2 is 1.93 bits per heavy atom. The smallest absolute Gasteiger partial charge is 0.169 e. The molecule has 3 heteroatoms. The summed E-state index contributed by atoms with van der Waals surface area (Å²) >= 11 is 5.44. The summed E-state index contributed by atoms with van der Waals surface area (Å²) < 4.78 is 0. The van der Waals surface area contributed by atoms with Crippen molar-refractivity contribution in [1.82, 2.24) is 10.2 Å². The highest BCUT2D eigenvalue weighted by Crippen LogP contribution is 2.20. The van der Waals surface area contributed by atoms with Crippen molar-refractivity contribution in [3.63, 3.8) is 0 Å². The average molecular weight is 212 g/mol. The van der Waals surface area contributed by atoms with E-state index in [-0.39, 0.29) is 0 Å². The largest absolute Gasteiger partial charge is 0.360 e. The predicted octanol–water partition coefficient (Wildman–Crippen LogP) is 2.29. The number of nitrogens with zero attached hydrogens (tertiary/aromatic N) is 1. The van der Waals surface area contributed by atoms with Gasteiger partial charge < -0.3 is 10.2 Å². The van der Waals surface area contributed by atoms with Crippen LogP contribution in [0.2, 0.25) is 0 Å². The third-order valence-electron chi connectivity index (χ3n) is 3.50. The molecule has 1 aliphatic heterocycles. The summed E-state index contributed by atoms with van der Waals surface area (Å²) in [4.78, 5) is 2.35. The Labute approximate surface area is 92.0 Å². The van der Waals surface area contributed by atoms with Crippen LogP contribution in [0, 0.1) is 0 Å². The molecule has 0 spiro atoms. The summed E-state index contributed by atoms with van der Waals surface area (Å²) in [5.74, 6) is 0. The molecule has 1 N–H and O–H groups in total. The van der Waals surface area contributed by atoms with E-state index in [0.717, 1.165) is 11.7 Å². The van der Waals surface area contributed by atoms with Crippen molar-refractivity contribution in [2.45, 2.75) is 57.5 Å². The maximum Gasteiger partial charge on any atom is 0.169 e. The first-order valence-corrected chi connectivity index (χ1v) is 6.25. The van der Waals surface area contributed by atoms with Crippen molar-refractivity contribution >= 4 is 17.3 Å². The molecule has 14 heavy (non-hydrogen) atoms. The van der Waals surface area contributed by atoms with E-state index in [0.29, 0.717) is 12.1 Å². The van der Waals surface area contributed by atoms with Crippen LogP contribution in [-0.2, 0) is 0 Å². The molecule has 2 rings (SSSR count). The van der Waals surface area contributed by atoms with Gasteiger partial charge in [-0.15, -0.1) is 0 Å². The molecule has 0 amide bonds. The second kappa shape index (κ2) is 4.47. The molecule has 0 aromatic rings. The average Bonchev–Trinajstić information content (AvgIpc) is 2.75. The summed E-state index contributed by atoms with van der Waals surface area (Å²) in [6.45, 7) is 3.43. The molecule has 0 radical (unpaired) electrons. The maximum atomic E-state index is 5.44. The minimum Gasteiger partial charge on any atom is -0.360 e. The lowest BCUT2D eigenvalue weighted by Crippen LogP contribution is -2.45. The second-order valence-electron chi connectivity index (χ2n) is 4.62. The van der Waals surface area contributed by atoms with Crippen LogP contribution in [0.4, 0.5) is 0 Å². The van der Waals surface area contributed by atoms with Gasteiger partial charge in [-0.25, -0.2) is 0 Å². The zero-order valence-electron chi connectivity index (χ0n) is 8.96. The fourth-order valence-corrected chi connectivity index (χ4v) is 3.00. The molecule has 80 valence electrons. The van der Waals surface area contributed by atoms with Gasteiger partial charge in [0.1, 0.15) is 0 Å². The molecule has 0 aromatic carbocycles.